The fourth-order valence-electron chi connectivity index (χ4n) is 1.28. The molecule has 70 valence electrons. The van der Waals surface area contributed by atoms with Crippen molar-refractivity contribution in [2.75, 3.05) is 0 Å². The molecule has 0 aliphatic carbocycles. The standard InChI is InChI=1S/C10H5BrClNO/c11-8-5-4-6-2-1-3-7(10(12)14)9(6)13-8/h1-5H. The number of pyridine rings is 1. The van der Waals surface area contributed by atoms with Gasteiger partial charge in [-0.2, -0.15) is 0 Å². The highest BCUT2D eigenvalue weighted by atomic mass is 79.9. The molecule has 0 unspecified atom stereocenters. The molecule has 0 aliphatic rings. The summed E-state index contributed by atoms with van der Waals surface area (Å²) in [6.45, 7) is 0. The molecule has 14 heavy (non-hydrogen) atoms. The fourth-order valence-corrected chi connectivity index (χ4v) is 1.74. The Balaban J connectivity index is 2.84. The summed E-state index contributed by atoms with van der Waals surface area (Å²) in [6.07, 6.45) is 0. The second kappa shape index (κ2) is 3.67. The molecule has 0 N–H and O–H groups in total. The first kappa shape index (κ1) is 9.62. The maximum Gasteiger partial charge on any atom is 0.254 e. The van der Waals surface area contributed by atoms with Crippen molar-refractivity contribution in [2.45, 2.75) is 0 Å². The van der Waals surface area contributed by atoms with Crippen molar-refractivity contribution >= 4 is 43.7 Å². The molecule has 1 aromatic carbocycles. The number of halogens is 2. The molecule has 1 aromatic heterocycles. The summed E-state index contributed by atoms with van der Waals surface area (Å²) < 4.78 is 0.690. The zero-order chi connectivity index (χ0) is 10.1. The Morgan fingerprint density at radius 1 is 1.29 bits per heavy atom. The lowest BCUT2D eigenvalue weighted by atomic mass is 10.1. The van der Waals surface area contributed by atoms with Gasteiger partial charge in [0.1, 0.15) is 4.60 Å². The van der Waals surface area contributed by atoms with Gasteiger partial charge in [-0.25, -0.2) is 4.98 Å². The van der Waals surface area contributed by atoms with Crippen LogP contribution in [0.4, 0.5) is 0 Å². The molecule has 4 heteroatoms. The van der Waals surface area contributed by atoms with Gasteiger partial charge in [0.25, 0.3) is 5.24 Å². The van der Waals surface area contributed by atoms with Crippen molar-refractivity contribution in [2.24, 2.45) is 0 Å². The van der Waals surface area contributed by atoms with E-state index in [1.165, 1.54) is 0 Å². The number of hydrogen-bond acceptors (Lipinski definition) is 2. The Hall–Kier alpha value is -0.930. The van der Waals surface area contributed by atoms with Crippen molar-refractivity contribution in [3.63, 3.8) is 0 Å². The molecule has 0 atom stereocenters. The highest BCUT2D eigenvalue weighted by Crippen LogP contribution is 2.20. The summed E-state index contributed by atoms with van der Waals surface area (Å²) in [4.78, 5) is 15.3. The second-order valence-corrected chi connectivity index (χ2v) is 3.94. The molecule has 0 radical (unpaired) electrons. The predicted molar refractivity (Wildman–Crippen MR) is 59.6 cm³/mol. The first-order chi connectivity index (χ1) is 6.68. The van der Waals surface area contributed by atoms with E-state index in [0.717, 1.165) is 5.39 Å². The zero-order valence-corrected chi connectivity index (χ0v) is 9.34. The highest BCUT2D eigenvalue weighted by Gasteiger charge is 2.08. The molecular formula is C10H5BrClNO. The first-order valence-electron chi connectivity index (χ1n) is 3.93. The fraction of sp³-hybridized carbons (Fsp3) is 0. The van der Waals surface area contributed by atoms with Gasteiger partial charge in [-0.3, -0.25) is 4.79 Å². The van der Waals surface area contributed by atoms with E-state index in [0.29, 0.717) is 15.7 Å². The summed E-state index contributed by atoms with van der Waals surface area (Å²) in [5.41, 5.74) is 1.06. The third kappa shape index (κ3) is 1.65. The van der Waals surface area contributed by atoms with Crippen LogP contribution in [0.25, 0.3) is 10.9 Å². The number of carbonyl (C=O) groups is 1. The minimum atomic E-state index is -0.485. The van der Waals surface area contributed by atoms with E-state index < -0.39 is 5.24 Å². The van der Waals surface area contributed by atoms with Crippen LogP contribution >= 0.6 is 27.5 Å². The lowest BCUT2D eigenvalue weighted by molar-refractivity contribution is 0.108. The van der Waals surface area contributed by atoms with Gasteiger partial charge in [-0.05, 0) is 39.7 Å². The SMILES string of the molecule is O=C(Cl)c1cccc2ccc(Br)nc12. The first-order valence-corrected chi connectivity index (χ1v) is 5.10. The van der Waals surface area contributed by atoms with Crippen molar-refractivity contribution in [3.05, 3.63) is 40.5 Å². The molecule has 0 saturated heterocycles. The summed E-state index contributed by atoms with van der Waals surface area (Å²) in [7, 11) is 0. The molecule has 2 aromatic rings. The number of fused-ring (bicyclic) bond motifs is 1. The number of hydrogen-bond donors (Lipinski definition) is 0. The Labute approximate surface area is 94.0 Å². The van der Waals surface area contributed by atoms with Crippen molar-refractivity contribution < 1.29 is 4.79 Å². The molecule has 0 fully saturated rings. The summed E-state index contributed by atoms with van der Waals surface area (Å²) in [5.74, 6) is 0. The van der Waals surface area contributed by atoms with Crippen molar-refractivity contribution in [1.29, 1.82) is 0 Å². The van der Waals surface area contributed by atoms with Gasteiger partial charge in [0, 0.05) is 5.39 Å². The number of para-hydroxylation sites is 1. The second-order valence-electron chi connectivity index (χ2n) is 2.78. The molecule has 0 bridgehead atoms. The van der Waals surface area contributed by atoms with Gasteiger partial charge in [0.15, 0.2) is 0 Å². The smallest absolute Gasteiger partial charge is 0.254 e. The largest absolute Gasteiger partial charge is 0.276 e. The number of rotatable bonds is 1. The van der Waals surface area contributed by atoms with Crippen LogP contribution in [-0.2, 0) is 0 Å². The van der Waals surface area contributed by atoms with Crippen LogP contribution in [-0.4, -0.2) is 10.2 Å². The van der Waals surface area contributed by atoms with E-state index in [1.54, 1.807) is 12.1 Å². The number of benzene rings is 1. The minimum absolute atomic E-state index is 0.436. The summed E-state index contributed by atoms with van der Waals surface area (Å²) in [6, 6.07) is 9.04. The monoisotopic (exact) mass is 269 g/mol. The molecule has 0 saturated carbocycles. The van der Waals surface area contributed by atoms with E-state index >= 15 is 0 Å². The van der Waals surface area contributed by atoms with E-state index in [4.69, 9.17) is 11.6 Å². The van der Waals surface area contributed by atoms with Gasteiger partial charge >= 0.3 is 0 Å². The summed E-state index contributed by atoms with van der Waals surface area (Å²) in [5, 5.41) is 0.418. The van der Waals surface area contributed by atoms with Gasteiger partial charge < -0.3 is 0 Å². The van der Waals surface area contributed by atoms with Crippen LogP contribution in [0, 0.1) is 0 Å². The van der Waals surface area contributed by atoms with Crippen LogP contribution in [0.15, 0.2) is 34.9 Å². The average Bonchev–Trinajstić information content (AvgIpc) is 2.16. The minimum Gasteiger partial charge on any atom is -0.276 e. The lowest BCUT2D eigenvalue weighted by Crippen LogP contribution is -1.92. The van der Waals surface area contributed by atoms with E-state index in [-0.39, 0.29) is 0 Å². The average molecular weight is 271 g/mol. The van der Waals surface area contributed by atoms with Crippen molar-refractivity contribution in [1.82, 2.24) is 4.98 Å². The summed E-state index contributed by atoms with van der Waals surface area (Å²) >= 11 is 8.69. The van der Waals surface area contributed by atoms with Crippen molar-refractivity contribution in [3.8, 4) is 0 Å². The quantitative estimate of drug-likeness (QED) is 0.587. The Kier molecular flexibility index (Phi) is 2.52. The molecule has 2 rings (SSSR count). The molecule has 2 nitrogen and oxygen atoms in total. The molecule has 1 heterocycles. The molecule has 0 amide bonds. The maximum absolute atomic E-state index is 11.1. The Morgan fingerprint density at radius 2 is 2.07 bits per heavy atom. The van der Waals surface area contributed by atoms with E-state index in [9.17, 15) is 4.79 Å². The zero-order valence-electron chi connectivity index (χ0n) is 7.00. The van der Waals surface area contributed by atoms with Crippen LogP contribution in [0.5, 0.6) is 0 Å². The van der Waals surface area contributed by atoms with Crippen LogP contribution < -0.4 is 0 Å². The third-order valence-electron chi connectivity index (χ3n) is 1.90. The van der Waals surface area contributed by atoms with Crippen LogP contribution in [0.3, 0.4) is 0 Å². The third-order valence-corrected chi connectivity index (χ3v) is 2.54. The van der Waals surface area contributed by atoms with Gasteiger partial charge in [0.2, 0.25) is 0 Å². The van der Waals surface area contributed by atoms with Gasteiger partial charge in [-0.15, -0.1) is 0 Å². The normalized spacial score (nSPS) is 10.4. The molecular weight excluding hydrogens is 265 g/mol. The number of nitrogens with zero attached hydrogens (tertiary/aromatic N) is 1. The van der Waals surface area contributed by atoms with Gasteiger partial charge in [-0.1, -0.05) is 18.2 Å². The molecule has 0 spiro atoms. The number of aromatic nitrogens is 1. The van der Waals surface area contributed by atoms with E-state index in [1.807, 2.05) is 18.2 Å². The maximum atomic E-state index is 11.1. The topological polar surface area (TPSA) is 30.0 Å². The highest BCUT2D eigenvalue weighted by molar-refractivity contribution is 9.10. The van der Waals surface area contributed by atoms with E-state index in [2.05, 4.69) is 20.9 Å². The van der Waals surface area contributed by atoms with Crippen LogP contribution in [0.1, 0.15) is 10.4 Å². The Morgan fingerprint density at radius 3 is 2.79 bits per heavy atom. The lowest BCUT2D eigenvalue weighted by Gasteiger charge is -2.01. The van der Waals surface area contributed by atoms with Crippen LogP contribution in [0.2, 0.25) is 0 Å². The van der Waals surface area contributed by atoms with Gasteiger partial charge in [0.05, 0.1) is 11.1 Å². The number of carbonyl (C=O) groups excluding carboxylic acids is 1. The Bertz CT molecular complexity index is 512. The molecule has 0 aliphatic heterocycles. The predicted octanol–water partition coefficient (Wildman–Crippen LogP) is 3.38.